The molecule has 0 heterocycles. The van der Waals surface area contributed by atoms with E-state index in [1.807, 2.05) is 30.3 Å². The number of oxime groups is 1. The fraction of sp³-hybridized carbons (Fsp3) is 0.0667. The number of carbonyl (C=O) groups is 1. The van der Waals surface area contributed by atoms with Crippen molar-refractivity contribution < 1.29 is 10.0 Å². The van der Waals surface area contributed by atoms with Gasteiger partial charge in [0.2, 0.25) is 5.91 Å². The Hall–Kier alpha value is -2.34. The molecule has 1 amide bonds. The maximum atomic E-state index is 12.0. The van der Waals surface area contributed by atoms with Crippen LogP contribution >= 0.6 is 15.9 Å². The van der Waals surface area contributed by atoms with Crippen LogP contribution < -0.4 is 11.1 Å². The second-order valence-corrected chi connectivity index (χ2v) is 5.24. The van der Waals surface area contributed by atoms with Gasteiger partial charge in [-0.2, -0.15) is 0 Å². The summed E-state index contributed by atoms with van der Waals surface area (Å²) in [6, 6.07) is 14.5. The topological polar surface area (TPSA) is 87.7 Å². The molecule has 0 radical (unpaired) electrons. The van der Waals surface area contributed by atoms with Gasteiger partial charge in [0, 0.05) is 10.0 Å². The zero-order valence-corrected chi connectivity index (χ0v) is 12.7. The third-order valence-electron chi connectivity index (χ3n) is 2.85. The number of amides is 1. The molecule has 2 aromatic rings. The van der Waals surface area contributed by atoms with E-state index in [0.29, 0.717) is 22.1 Å². The monoisotopic (exact) mass is 347 g/mol. The van der Waals surface area contributed by atoms with Crippen LogP contribution in [-0.4, -0.2) is 17.0 Å². The molecule has 0 aliphatic rings. The van der Waals surface area contributed by atoms with Crippen molar-refractivity contribution in [3.63, 3.8) is 0 Å². The third kappa shape index (κ3) is 4.06. The van der Waals surface area contributed by atoms with Crippen molar-refractivity contribution in [3.8, 4) is 0 Å². The van der Waals surface area contributed by atoms with Gasteiger partial charge in [0.05, 0.1) is 12.1 Å². The molecule has 2 rings (SSSR count). The standard InChI is InChI=1S/C15H14BrN3O2/c16-12-9-11(15(17)19-21)6-7-13(12)18-14(20)8-10-4-2-1-3-5-10/h1-7,9,21H,8H2,(H2,17,19)(H,18,20). The molecule has 4 N–H and O–H groups in total. The molecule has 2 aromatic carbocycles. The summed E-state index contributed by atoms with van der Waals surface area (Å²) in [5.41, 5.74) is 7.64. The van der Waals surface area contributed by atoms with Gasteiger partial charge >= 0.3 is 0 Å². The molecule has 0 saturated heterocycles. The minimum atomic E-state index is -0.113. The summed E-state index contributed by atoms with van der Waals surface area (Å²) in [6.07, 6.45) is 0.301. The lowest BCUT2D eigenvalue weighted by atomic mass is 10.1. The number of halogens is 1. The van der Waals surface area contributed by atoms with Gasteiger partial charge < -0.3 is 16.3 Å². The summed E-state index contributed by atoms with van der Waals surface area (Å²) in [7, 11) is 0. The number of amidine groups is 1. The van der Waals surface area contributed by atoms with Crippen LogP contribution in [0.15, 0.2) is 58.2 Å². The molecule has 0 atom stereocenters. The summed E-state index contributed by atoms with van der Waals surface area (Å²) in [5.74, 6) is -0.101. The molecule has 0 bridgehead atoms. The van der Waals surface area contributed by atoms with Crippen LogP contribution in [-0.2, 0) is 11.2 Å². The van der Waals surface area contributed by atoms with Crippen LogP contribution in [0.2, 0.25) is 0 Å². The maximum absolute atomic E-state index is 12.0. The number of benzene rings is 2. The Morgan fingerprint density at radius 3 is 2.57 bits per heavy atom. The van der Waals surface area contributed by atoms with Crippen LogP contribution in [0.1, 0.15) is 11.1 Å². The minimum absolute atomic E-state index is 0.0119. The summed E-state index contributed by atoms with van der Waals surface area (Å²) < 4.78 is 0.660. The van der Waals surface area contributed by atoms with Crippen LogP contribution in [0.5, 0.6) is 0 Å². The summed E-state index contributed by atoms with van der Waals surface area (Å²) in [4.78, 5) is 12.0. The van der Waals surface area contributed by atoms with Crippen molar-refractivity contribution in [3.05, 3.63) is 64.1 Å². The number of hydrogen-bond acceptors (Lipinski definition) is 3. The van der Waals surface area contributed by atoms with Gasteiger partial charge in [-0.3, -0.25) is 4.79 Å². The van der Waals surface area contributed by atoms with Gasteiger partial charge in [-0.05, 0) is 39.7 Å². The lowest BCUT2D eigenvalue weighted by Gasteiger charge is -2.09. The third-order valence-corrected chi connectivity index (χ3v) is 3.51. The maximum Gasteiger partial charge on any atom is 0.228 e. The first-order valence-corrected chi connectivity index (χ1v) is 7.00. The molecular weight excluding hydrogens is 334 g/mol. The van der Waals surface area contributed by atoms with Gasteiger partial charge in [0.15, 0.2) is 5.84 Å². The quantitative estimate of drug-likeness (QED) is 0.344. The highest BCUT2D eigenvalue weighted by atomic mass is 79.9. The molecule has 0 aromatic heterocycles. The Balaban J connectivity index is 2.08. The lowest BCUT2D eigenvalue weighted by molar-refractivity contribution is -0.115. The van der Waals surface area contributed by atoms with E-state index in [1.54, 1.807) is 18.2 Å². The van der Waals surface area contributed by atoms with Gasteiger partial charge in [-0.15, -0.1) is 0 Å². The average Bonchev–Trinajstić information content (AvgIpc) is 2.49. The predicted molar refractivity (Wildman–Crippen MR) is 85.4 cm³/mol. The Bertz CT molecular complexity index is 672. The minimum Gasteiger partial charge on any atom is -0.409 e. The molecular formula is C15H14BrN3O2. The highest BCUT2D eigenvalue weighted by Crippen LogP contribution is 2.23. The normalized spacial score (nSPS) is 11.2. The summed E-state index contributed by atoms with van der Waals surface area (Å²) in [5, 5.41) is 14.4. The fourth-order valence-electron chi connectivity index (χ4n) is 1.81. The zero-order valence-electron chi connectivity index (χ0n) is 11.1. The molecule has 5 nitrogen and oxygen atoms in total. The number of nitrogens with two attached hydrogens (primary N) is 1. The van der Waals surface area contributed by atoms with Crippen molar-refractivity contribution in [1.82, 2.24) is 0 Å². The highest BCUT2D eigenvalue weighted by molar-refractivity contribution is 9.10. The van der Waals surface area contributed by atoms with Crippen molar-refractivity contribution in [2.45, 2.75) is 6.42 Å². The highest BCUT2D eigenvalue weighted by Gasteiger charge is 2.08. The van der Waals surface area contributed by atoms with Gasteiger partial charge in [0.1, 0.15) is 0 Å². The number of anilines is 1. The van der Waals surface area contributed by atoms with E-state index in [9.17, 15) is 4.79 Å². The SMILES string of the molecule is N/C(=N/O)c1ccc(NC(=O)Cc2ccccc2)c(Br)c1. The first kappa shape index (κ1) is 15.1. The van der Waals surface area contributed by atoms with E-state index in [0.717, 1.165) is 5.56 Å². The molecule has 0 saturated carbocycles. The van der Waals surface area contributed by atoms with E-state index in [2.05, 4.69) is 26.4 Å². The second-order valence-electron chi connectivity index (χ2n) is 4.39. The molecule has 6 heteroatoms. The van der Waals surface area contributed by atoms with Crippen LogP contribution in [0, 0.1) is 0 Å². The Morgan fingerprint density at radius 1 is 1.24 bits per heavy atom. The Kier molecular flexibility index (Phi) is 4.94. The van der Waals surface area contributed by atoms with E-state index in [1.165, 1.54) is 0 Å². The largest absolute Gasteiger partial charge is 0.409 e. The van der Waals surface area contributed by atoms with Gasteiger partial charge in [0.25, 0.3) is 0 Å². The molecule has 108 valence electrons. The first-order valence-electron chi connectivity index (χ1n) is 6.21. The first-order chi connectivity index (χ1) is 10.1. The van der Waals surface area contributed by atoms with E-state index in [4.69, 9.17) is 10.9 Å². The van der Waals surface area contributed by atoms with Gasteiger partial charge in [-0.25, -0.2) is 0 Å². The number of rotatable bonds is 4. The smallest absolute Gasteiger partial charge is 0.228 e. The summed E-state index contributed by atoms with van der Waals surface area (Å²) in [6.45, 7) is 0. The van der Waals surface area contributed by atoms with Crippen LogP contribution in [0.25, 0.3) is 0 Å². The van der Waals surface area contributed by atoms with Crippen LogP contribution in [0.4, 0.5) is 5.69 Å². The fourth-order valence-corrected chi connectivity index (χ4v) is 2.29. The molecule has 21 heavy (non-hydrogen) atoms. The zero-order chi connectivity index (χ0) is 15.2. The van der Waals surface area contributed by atoms with Gasteiger partial charge in [-0.1, -0.05) is 35.5 Å². The van der Waals surface area contributed by atoms with E-state index < -0.39 is 0 Å². The number of hydrogen-bond donors (Lipinski definition) is 3. The van der Waals surface area contributed by atoms with Crippen molar-refractivity contribution in [2.75, 3.05) is 5.32 Å². The lowest BCUT2D eigenvalue weighted by Crippen LogP contribution is -2.16. The number of carbonyl (C=O) groups excluding carboxylic acids is 1. The molecule has 0 aliphatic carbocycles. The summed E-state index contributed by atoms with van der Waals surface area (Å²) >= 11 is 3.35. The Morgan fingerprint density at radius 2 is 1.95 bits per heavy atom. The van der Waals surface area contributed by atoms with Crippen molar-refractivity contribution in [1.29, 1.82) is 0 Å². The number of nitrogens with zero attached hydrogens (tertiary/aromatic N) is 1. The van der Waals surface area contributed by atoms with E-state index in [-0.39, 0.29) is 11.7 Å². The average molecular weight is 348 g/mol. The van der Waals surface area contributed by atoms with Crippen molar-refractivity contribution >= 4 is 33.4 Å². The Labute approximate surface area is 130 Å². The van der Waals surface area contributed by atoms with E-state index >= 15 is 0 Å². The second kappa shape index (κ2) is 6.90. The molecule has 0 spiro atoms. The molecule has 0 fully saturated rings. The molecule has 0 unspecified atom stereocenters. The number of nitrogens with one attached hydrogen (secondary N) is 1. The molecule has 0 aliphatic heterocycles. The van der Waals surface area contributed by atoms with Crippen LogP contribution in [0.3, 0.4) is 0 Å². The predicted octanol–water partition coefficient (Wildman–Crippen LogP) is 2.72. The van der Waals surface area contributed by atoms with Crippen molar-refractivity contribution in [2.24, 2.45) is 10.9 Å².